The van der Waals surface area contributed by atoms with Gasteiger partial charge >= 0.3 is 6.18 Å². The summed E-state index contributed by atoms with van der Waals surface area (Å²) in [4.78, 5) is 15.0. The third-order valence-corrected chi connectivity index (χ3v) is 2.64. The highest BCUT2D eigenvalue weighted by molar-refractivity contribution is 5.44. The molecule has 1 aromatic heterocycles. The molecule has 1 N–H and O–H groups in total. The number of halogens is 3. The first-order valence-electron chi connectivity index (χ1n) is 6.27. The summed E-state index contributed by atoms with van der Waals surface area (Å²) in [5.74, 6) is 0.591. The van der Waals surface area contributed by atoms with E-state index in [0.717, 1.165) is 4.90 Å². The number of anilines is 3. The zero-order valence-electron chi connectivity index (χ0n) is 12.0. The van der Waals surface area contributed by atoms with Crippen molar-refractivity contribution in [1.29, 1.82) is 0 Å². The molecule has 9 heteroatoms. The molecule has 114 valence electrons. The van der Waals surface area contributed by atoms with Gasteiger partial charge in [0.2, 0.25) is 17.8 Å². The molecule has 1 aromatic rings. The lowest BCUT2D eigenvalue weighted by atomic mass is 10.5. The number of nitrogens with zero attached hydrogens (tertiary/aromatic N) is 5. The highest BCUT2D eigenvalue weighted by atomic mass is 19.4. The minimum Gasteiger partial charge on any atom is -0.357 e. The predicted molar refractivity (Wildman–Crippen MR) is 72.3 cm³/mol. The van der Waals surface area contributed by atoms with Crippen LogP contribution in [0, 0.1) is 0 Å². The second kappa shape index (κ2) is 6.58. The van der Waals surface area contributed by atoms with Crippen molar-refractivity contribution in [3.63, 3.8) is 0 Å². The standard InChI is InChI=1S/C11H19F3N6/c1-5-20(6-2)10-17-8(15-3)16-9(18-10)19(4)7-11(12,13)14/h5-7H2,1-4H3,(H,15,16,17,18). The maximum Gasteiger partial charge on any atom is 0.406 e. The Hall–Kier alpha value is -1.80. The zero-order chi connectivity index (χ0) is 15.3. The molecule has 0 saturated carbocycles. The maximum atomic E-state index is 12.4. The first-order chi connectivity index (χ1) is 9.30. The van der Waals surface area contributed by atoms with E-state index in [1.165, 1.54) is 7.05 Å². The number of nitrogens with one attached hydrogen (secondary N) is 1. The quantitative estimate of drug-likeness (QED) is 0.862. The minimum atomic E-state index is -4.31. The number of alkyl halides is 3. The number of aromatic nitrogens is 3. The zero-order valence-corrected chi connectivity index (χ0v) is 12.0. The van der Waals surface area contributed by atoms with Gasteiger partial charge in [-0.25, -0.2) is 0 Å². The van der Waals surface area contributed by atoms with Crippen molar-refractivity contribution in [3.8, 4) is 0 Å². The molecule has 6 nitrogen and oxygen atoms in total. The van der Waals surface area contributed by atoms with Gasteiger partial charge in [0.05, 0.1) is 0 Å². The Bertz CT molecular complexity index is 433. The lowest BCUT2D eigenvalue weighted by molar-refractivity contribution is -0.119. The van der Waals surface area contributed by atoms with E-state index in [-0.39, 0.29) is 11.9 Å². The van der Waals surface area contributed by atoms with E-state index in [2.05, 4.69) is 20.3 Å². The molecular formula is C11H19F3N6. The van der Waals surface area contributed by atoms with Gasteiger partial charge < -0.3 is 15.1 Å². The van der Waals surface area contributed by atoms with E-state index in [1.807, 2.05) is 18.7 Å². The second-order valence-electron chi connectivity index (χ2n) is 4.15. The molecule has 0 bridgehead atoms. The van der Waals surface area contributed by atoms with Crippen LogP contribution in [0.4, 0.5) is 31.0 Å². The van der Waals surface area contributed by atoms with Crippen LogP contribution in [0.25, 0.3) is 0 Å². The van der Waals surface area contributed by atoms with Crippen LogP contribution in [-0.2, 0) is 0 Å². The van der Waals surface area contributed by atoms with Crippen molar-refractivity contribution in [2.45, 2.75) is 20.0 Å². The van der Waals surface area contributed by atoms with E-state index < -0.39 is 12.7 Å². The fourth-order valence-corrected chi connectivity index (χ4v) is 1.62. The van der Waals surface area contributed by atoms with Crippen LogP contribution in [0.3, 0.4) is 0 Å². The molecule has 0 aliphatic carbocycles. The third kappa shape index (κ3) is 4.39. The van der Waals surface area contributed by atoms with E-state index in [1.54, 1.807) is 7.05 Å². The summed E-state index contributed by atoms with van der Waals surface area (Å²) in [6.07, 6.45) is -4.31. The summed E-state index contributed by atoms with van der Waals surface area (Å²) in [6.45, 7) is 4.05. The molecule has 0 atom stereocenters. The van der Waals surface area contributed by atoms with Gasteiger partial charge in [0.1, 0.15) is 6.54 Å². The van der Waals surface area contributed by atoms with Crippen LogP contribution in [0.2, 0.25) is 0 Å². The average Bonchev–Trinajstić information content (AvgIpc) is 2.37. The fraction of sp³-hybridized carbons (Fsp3) is 0.727. The third-order valence-electron chi connectivity index (χ3n) is 2.64. The lowest BCUT2D eigenvalue weighted by Crippen LogP contribution is -2.33. The number of hydrogen-bond donors (Lipinski definition) is 1. The van der Waals surface area contributed by atoms with Crippen molar-refractivity contribution < 1.29 is 13.2 Å². The van der Waals surface area contributed by atoms with Crippen LogP contribution in [0.15, 0.2) is 0 Å². The van der Waals surface area contributed by atoms with Gasteiger partial charge in [0.25, 0.3) is 0 Å². The number of rotatable bonds is 6. The van der Waals surface area contributed by atoms with Gasteiger partial charge in [-0.3, -0.25) is 0 Å². The average molecular weight is 292 g/mol. The Morgan fingerprint density at radius 1 is 1.05 bits per heavy atom. The fourth-order valence-electron chi connectivity index (χ4n) is 1.62. The summed E-state index contributed by atoms with van der Waals surface area (Å²) in [6, 6.07) is 0. The van der Waals surface area contributed by atoms with Crippen molar-refractivity contribution in [3.05, 3.63) is 0 Å². The topological polar surface area (TPSA) is 57.2 Å². The highest BCUT2D eigenvalue weighted by Crippen LogP contribution is 2.20. The normalized spacial score (nSPS) is 11.3. The first-order valence-corrected chi connectivity index (χ1v) is 6.27. The molecule has 1 heterocycles. The Morgan fingerprint density at radius 2 is 1.60 bits per heavy atom. The summed E-state index contributed by atoms with van der Waals surface area (Å²) in [5.41, 5.74) is 0. The van der Waals surface area contributed by atoms with Gasteiger partial charge in [-0.2, -0.15) is 28.1 Å². The van der Waals surface area contributed by atoms with Crippen LogP contribution in [0.5, 0.6) is 0 Å². The molecular weight excluding hydrogens is 273 g/mol. The summed E-state index contributed by atoms with van der Waals surface area (Å²) >= 11 is 0. The SMILES string of the molecule is CCN(CC)c1nc(NC)nc(N(C)CC(F)(F)F)n1. The Labute approximate surface area is 116 Å². The van der Waals surface area contributed by atoms with Crippen molar-refractivity contribution >= 4 is 17.8 Å². The molecule has 0 aliphatic heterocycles. The molecule has 20 heavy (non-hydrogen) atoms. The largest absolute Gasteiger partial charge is 0.406 e. The lowest BCUT2D eigenvalue weighted by Gasteiger charge is -2.23. The van der Waals surface area contributed by atoms with Crippen LogP contribution < -0.4 is 15.1 Å². The van der Waals surface area contributed by atoms with E-state index in [4.69, 9.17) is 0 Å². The summed E-state index contributed by atoms with van der Waals surface area (Å²) in [5, 5.41) is 2.73. The van der Waals surface area contributed by atoms with E-state index in [9.17, 15) is 13.2 Å². The Kier molecular flexibility index (Phi) is 5.34. The van der Waals surface area contributed by atoms with Crippen molar-refractivity contribution in [2.24, 2.45) is 0 Å². The monoisotopic (exact) mass is 292 g/mol. The summed E-state index contributed by atoms with van der Waals surface area (Å²) in [7, 11) is 2.91. The smallest absolute Gasteiger partial charge is 0.357 e. The molecule has 0 amide bonds. The molecule has 1 rings (SSSR count). The Balaban J connectivity index is 3.10. The highest BCUT2D eigenvalue weighted by Gasteiger charge is 2.30. The van der Waals surface area contributed by atoms with Crippen LogP contribution >= 0.6 is 0 Å². The van der Waals surface area contributed by atoms with Gasteiger partial charge in [0.15, 0.2) is 0 Å². The van der Waals surface area contributed by atoms with Gasteiger partial charge in [-0.05, 0) is 13.8 Å². The van der Waals surface area contributed by atoms with E-state index in [0.29, 0.717) is 19.0 Å². The summed E-state index contributed by atoms with van der Waals surface area (Å²) < 4.78 is 37.3. The van der Waals surface area contributed by atoms with E-state index >= 15 is 0 Å². The molecule has 0 radical (unpaired) electrons. The number of hydrogen-bond acceptors (Lipinski definition) is 6. The van der Waals surface area contributed by atoms with Crippen LogP contribution in [0.1, 0.15) is 13.8 Å². The first kappa shape index (κ1) is 16.3. The second-order valence-corrected chi connectivity index (χ2v) is 4.15. The van der Waals surface area contributed by atoms with Gasteiger partial charge in [-0.1, -0.05) is 0 Å². The minimum absolute atomic E-state index is 0.0106. The van der Waals surface area contributed by atoms with Crippen molar-refractivity contribution in [1.82, 2.24) is 15.0 Å². The maximum absolute atomic E-state index is 12.4. The predicted octanol–water partition coefficient (Wildman–Crippen LogP) is 1.76. The molecule has 0 fully saturated rings. The molecule has 0 aromatic carbocycles. The van der Waals surface area contributed by atoms with Crippen LogP contribution in [-0.4, -0.2) is 54.9 Å². The van der Waals surface area contributed by atoms with Gasteiger partial charge in [0, 0.05) is 27.2 Å². The molecule has 0 spiro atoms. The molecule has 0 unspecified atom stereocenters. The molecule has 0 aliphatic rings. The van der Waals surface area contributed by atoms with Crippen molar-refractivity contribution in [2.75, 3.05) is 48.8 Å². The Morgan fingerprint density at radius 3 is 2.05 bits per heavy atom. The van der Waals surface area contributed by atoms with Gasteiger partial charge in [-0.15, -0.1) is 0 Å². The molecule has 0 saturated heterocycles.